The Morgan fingerprint density at radius 3 is 2.59 bits per heavy atom. The predicted octanol–water partition coefficient (Wildman–Crippen LogP) is 3.67. The number of aryl methyl sites for hydroxylation is 1. The third-order valence-corrected chi connectivity index (χ3v) is 4.82. The maximum absolute atomic E-state index is 13.1. The Balaban J connectivity index is 1.85. The van der Waals surface area contributed by atoms with Gasteiger partial charge in [-0.25, -0.2) is 4.52 Å². The monoisotopic (exact) mass is 379 g/mol. The number of aliphatic hydroxyl groups is 1. The van der Waals surface area contributed by atoms with Gasteiger partial charge in [-0.05, 0) is 24.6 Å². The van der Waals surface area contributed by atoms with Gasteiger partial charge < -0.3 is 9.67 Å². The van der Waals surface area contributed by atoms with Crippen molar-refractivity contribution in [2.45, 2.75) is 20.1 Å². The Bertz CT molecular complexity index is 1180. The van der Waals surface area contributed by atoms with Crippen LogP contribution in [0.15, 0.2) is 65.7 Å². The summed E-state index contributed by atoms with van der Waals surface area (Å²) in [6.45, 7) is 2.14. The van der Waals surface area contributed by atoms with Gasteiger partial charge in [0.15, 0.2) is 0 Å². The van der Waals surface area contributed by atoms with Crippen molar-refractivity contribution in [2.24, 2.45) is 0 Å². The van der Waals surface area contributed by atoms with E-state index in [9.17, 15) is 9.90 Å². The lowest BCUT2D eigenvalue weighted by Crippen LogP contribution is -2.22. The molecule has 1 N–H and O–H groups in total. The summed E-state index contributed by atoms with van der Waals surface area (Å²) < 4.78 is 3.14. The van der Waals surface area contributed by atoms with Crippen LogP contribution in [0.1, 0.15) is 16.7 Å². The smallest absolute Gasteiger partial charge is 0.277 e. The van der Waals surface area contributed by atoms with Gasteiger partial charge in [0.2, 0.25) is 0 Å². The molecule has 0 aliphatic rings. The predicted molar refractivity (Wildman–Crippen MR) is 106 cm³/mol. The van der Waals surface area contributed by atoms with Gasteiger partial charge in [0.25, 0.3) is 5.56 Å². The average molecular weight is 380 g/mol. The highest BCUT2D eigenvalue weighted by Crippen LogP contribution is 2.25. The van der Waals surface area contributed by atoms with E-state index in [2.05, 4.69) is 5.10 Å². The van der Waals surface area contributed by atoms with Gasteiger partial charge >= 0.3 is 0 Å². The molecule has 2 heterocycles. The van der Waals surface area contributed by atoms with Crippen LogP contribution in [-0.2, 0) is 13.2 Å². The number of nitrogens with zero attached hydrogens (tertiary/aromatic N) is 3. The molecule has 2 aromatic carbocycles. The molecule has 0 amide bonds. The fraction of sp³-hybridized carbons (Fsp3) is 0.143. The second-order valence-corrected chi connectivity index (χ2v) is 6.94. The number of aliphatic hydroxyl groups excluding tert-OH is 1. The lowest BCUT2D eigenvalue weighted by Gasteiger charge is -2.07. The Kier molecular flexibility index (Phi) is 4.56. The van der Waals surface area contributed by atoms with Crippen molar-refractivity contribution in [1.29, 1.82) is 0 Å². The van der Waals surface area contributed by atoms with Crippen LogP contribution < -0.4 is 5.56 Å². The number of fused-ring (bicyclic) bond motifs is 1. The molecule has 4 aromatic rings. The molecule has 6 heteroatoms. The normalized spacial score (nSPS) is 11.2. The largest absolute Gasteiger partial charge is 0.392 e. The molecule has 0 saturated heterocycles. The fourth-order valence-electron chi connectivity index (χ4n) is 3.20. The Morgan fingerprint density at radius 1 is 1.11 bits per heavy atom. The number of hydrogen-bond donors (Lipinski definition) is 1. The molecule has 4 rings (SSSR count). The van der Waals surface area contributed by atoms with E-state index in [1.807, 2.05) is 49.4 Å². The number of hydrogen-bond acceptors (Lipinski definition) is 3. The molecular weight excluding hydrogens is 362 g/mol. The van der Waals surface area contributed by atoms with Gasteiger partial charge in [-0.15, -0.1) is 0 Å². The minimum Gasteiger partial charge on any atom is -0.392 e. The fourth-order valence-corrected chi connectivity index (χ4v) is 3.41. The van der Waals surface area contributed by atoms with E-state index >= 15 is 0 Å². The molecule has 0 aliphatic carbocycles. The van der Waals surface area contributed by atoms with Crippen LogP contribution in [0.4, 0.5) is 0 Å². The molecule has 27 heavy (non-hydrogen) atoms. The van der Waals surface area contributed by atoms with E-state index in [-0.39, 0.29) is 12.2 Å². The lowest BCUT2D eigenvalue weighted by atomic mass is 10.1. The third-order valence-electron chi connectivity index (χ3n) is 4.58. The molecule has 5 nitrogen and oxygen atoms in total. The zero-order valence-corrected chi connectivity index (χ0v) is 15.5. The first-order valence-corrected chi connectivity index (χ1v) is 8.97. The summed E-state index contributed by atoms with van der Waals surface area (Å²) in [5, 5.41) is 15.1. The molecule has 0 bridgehead atoms. The summed E-state index contributed by atoms with van der Waals surface area (Å²) in [7, 11) is 0. The van der Waals surface area contributed by atoms with E-state index in [0.717, 1.165) is 16.7 Å². The number of rotatable bonds is 4. The number of aromatic nitrogens is 3. The molecule has 2 aromatic heterocycles. The maximum Gasteiger partial charge on any atom is 0.277 e. The highest BCUT2D eigenvalue weighted by atomic mass is 35.5. The van der Waals surface area contributed by atoms with Crippen molar-refractivity contribution in [1.82, 2.24) is 14.2 Å². The molecule has 0 fully saturated rings. The quantitative estimate of drug-likeness (QED) is 0.588. The van der Waals surface area contributed by atoms with Crippen LogP contribution in [0.2, 0.25) is 5.02 Å². The molecule has 0 saturated carbocycles. The van der Waals surface area contributed by atoms with E-state index in [4.69, 9.17) is 11.6 Å². The minimum absolute atomic E-state index is 0.201. The Hall–Kier alpha value is -2.89. The molecule has 136 valence electrons. The van der Waals surface area contributed by atoms with Crippen LogP contribution in [0.5, 0.6) is 0 Å². The summed E-state index contributed by atoms with van der Waals surface area (Å²) in [6, 6.07) is 15.3. The first kappa shape index (κ1) is 17.5. The zero-order valence-electron chi connectivity index (χ0n) is 14.8. The highest BCUT2D eigenvalue weighted by Gasteiger charge is 2.17. The third kappa shape index (κ3) is 3.27. The minimum atomic E-state index is -0.261. The molecule has 0 aliphatic heterocycles. The Morgan fingerprint density at radius 2 is 1.89 bits per heavy atom. The van der Waals surface area contributed by atoms with Gasteiger partial charge in [-0.2, -0.15) is 5.10 Å². The van der Waals surface area contributed by atoms with Crippen LogP contribution in [0, 0.1) is 6.92 Å². The van der Waals surface area contributed by atoms with Crippen molar-refractivity contribution in [3.05, 3.63) is 93.0 Å². The molecular formula is C21H18ClN3O2. The van der Waals surface area contributed by atoms with E-state index in [1.54, 1.807) is 23.0 Å². The van der Waals surface area contributed by atoms with Gasteiger partial charge in [0.05, 0.1) is 18.8 Å². The van der Waals surface area contributed by atoms with Gasteiger partial charge in [0, 0.05) is 28.5 Å². The summed E-state index contributed by atoms with van der Waals surface area (Å²) in [4.78, 5) is 13.1. The van der Waals surface area contributed by atoms with E-state index in [1.165, 1.54) is 4.52 Å². The van der Waals surface area contributed by atoms with Gasteiger partial charge in [-0.1, -0.05) is 53.6 Å². The molecule has 0 unspecified atom stereocenters. The average Bonchev–Trinajstić information content (AvgIpc) is 3.04. The van der Waals surface area contributed by atoms with Crippen LogP contribution in [0.3, 0.4) is 0 Å². The van der Waals surface area contributed by atoms with Gasteiger partial charge in [-0.3, -0.25) is 4.79 Å². The van der Waals surface area contributed by atoms with Crippen LogP contribution in [-0.4, -0.2) is 19.3 Å². The van der Waals surface area contributed by atoms with Crippen molar-refractivity contribution < 1.29 is 5.11 Å². The summed E-state index contributed by atoms with van der Waals surface area (Å²) in [6.07, 6.45) is 3.43. The summed E-state index contributed by atoms with van der Waals surface area (Å²) in [5.41, 5.74) is 4.27. The molecule has 0 atom stereocenters. The first-order chi connectivity index (χ1) is 13.1. The first-order valence-electron chi connectivity index (χ1n) is 8.60. The Labute approximate surface area is 161 Å². The SMILES string of the molecule is Cc1ccc(-c2nn3ccn(Cc4cccc(Cl)c4)c(=O)c3c2CO)cc1. The van der Waals surface area contributed by atoms with E-state index in [0.29, 0.717) is 28.3 Å². The van der Waals surface area contributed by atoms with Crippen molar-refractivity contribution in [3.63, 3.8) is 0 Å². The van der Waals surface area contributed by atoms with Crippen LogP contribution in [0.25, 0.3) is 16.8 Å². The number of benzene rings is 2. The molecule has 0 spiro atoms. The van der Waals surface area contributed by atoms with Crippen molar-refractivity contribution in [2.75, 3.05) is 0 Å². The maximum atomic E-state index is 13.1. The summed E-state index contributed by atoms with van der Waals surface area (Å²) in [5.74, 6) is 0. The zero-order chi connectivity index (χ0) is 19.0. The van der Waals surface area contributed by atoms with Crippen LogP contribution >= 0.6 is 11.6 Å². The topological polar surface area (TPSA) is 59.5 Å². The van der Waals surface area contributed by atoms with Crippen molar-refractivity contribution >= 4 is 17.1 Å². The number of halogens is 1. The van der Waals surface area contributed by atoms with Gasteiger partial charge in [0.1, 0.15) is 5.52 Å². The standard InChI is InChI=1S/C21H18ClN3O2/c1-14-5-7-16(8-6-14)19-18(13-26)20-21(27)24(9-10-25(20)23-19)12-15-3-2-4-17(22)11-15/h2-11,26H,12-13H2,1H3. The second-order valence-electron chi connectivity index (χ2n) is 6.51. The summed E-state index contributed by atoms with van der Waals surface area (Å²) >= 11 is 6.04. The lowest BCUT2D eigenvalue weighted by molar-refractivity contribution is 0.283. The molecule has 0 radical (unpaired) electrons. The van der Waals surface area contributed by atoms with E-state index < -0.39 is 0 Å². The van der Waals surface area contributed by atoms with Crippen molar-refractivity contribution in [3.8, 4) is 11.3 Å². The second kappa shape index (κ2) is 7.02. The highest BCUT2D eigenvalue weighted by molar-refractivity contribution is 6.30.